The number of amides is 1. The quantitative estimate of drug-likeness (QED) is 0.460. The Morgan fingerprint density at radius 2 is 1.76 bits per heavy atom. The fraction of sp³-hybridized carbons (Fsp3) is 0.200. The summed E-state index contributed by atoms with van der Waals surface area (Å²) < 4.78 is 17.9. The van der Waals surface area contributed by atoms with Gasteiger partial charge in [-0.05, 0) is 54.5 Å². The first-order valence-electron chi connectivity index (χ1n) is 8.10. The summed E-state index contributed by atoms with van der Waals surface area (Å²) in [5.74, 6) is -1.01. The highest BCUT2D eigenvalue weighted by Gasteiger charge is 2.07. The van der Waals surface area contributed by atoms with Crippen LogP contribution in [0.3, 0.4) is 0 Å². The van der Waals surface area contributed by atoms with Crippen LogP contribution >= 0.6 is 0 Å². The number of rotatable bonds is 7. The van der Waals surface area contributed by atoms with Crippen molar-refractivity contribution in [1.82, 2.24) is 0 Å². The second kappa shape index (κ2) is 9.37. The van der Waals surface area contributed by atoms with Crippen LogP contribution in [-0.2, 0) is 9.53 Å². The van der Waals surface area contributed by atoms with Gasteiger partial charge in [-0.15, -0.1) is 0 Å². The van der Waals surface area contributed by atoms with E-state index in [1.54, 1.807) is 42.5 Å². The molecule has 25 heavy (non-hydrogen) atoms. The minimum atomic E-state index is -0.373. The van der Waals surface area contributed by atoms with Crippen LogP contribution in [0.1, 0.15) is 35.7 Å². The lowest BCUT2D eigenvalue weighted by Crippen LogP contribution is -2.09. The number of esters is 1. The molecule has 1 amide bonds. The summed E-state index contributed by atoms with van der Waals surface area (Å²) >= 11 is 0. The SMILES string of the molecule is CCCCOC(=O)c1ccc(NC(=O)C=Cc2ccc(F)cc2)cc1. The molecule has 2 rings (SSSR count). The molecular weight excluding hydrogens is 321 g/mol. The molecule has 0 saturated carbocycles. The number of carbonyl (C=O) groups is 2. The third-order valence-corrected chi connectivity index (χ3v) is 3.42. The van der Waals surface area contributed by atoms with Gasteiger partial charge < -0.3 is 10.1 Å². The van der Waals surface area contributed by atoms with Crippen LogP contribution in [0.15, 0.2) is 54.6 Å². The van der Waals surface area contributed by atoms with E-state index in [1.165, 1.54) is 18.2 Å². The summed E-state index contributed by atoms with van der Waals surface area (Å²) in [4.78, 5) is 23.7. The second-order valence-electron chi connectivity index (χ2n) is 5.44. The van der Waals surface area contributed by atoms with E-state index in [-0.39, 0.29) is 17.7 Å². The van der Waals surface area contributed by atoms with E-state index in [4.69, 9.17) is 4.74 Å². The zero-order valence-electron chi connectivity index (χ0n) is 14.0. The zero-order chi connectivity index (χ0) is 18.1. The van der Waals surface area contributed by atoms with E-state index in [9.17, 15) is 14.0 Å². The molecule has 0 saturated heterocycles. The monoisotopic (exact) mass is 341 g/mol. The van der Waals surface area contributed by atoms with Crippen molar-refractivity contribution in [3.05, 3.63) is 71.6 Å². The molecule has 0 aliphatic carbocycles. The number of benzene rings is 2. The predicted molar refractivity (Wildman–Crippen MR) is 95.7 cm³/mol. The maximum Gasteiger partial charge on any atom is 0.338 e. The number of halogens is 1. The summed E-state index contributed by atoms with van der Waals surface area (Å²) in [6.07, 6.45) is 4.75. The molecule has 1 N–H and O–H groups in total. The van der Waals surface area contributed by atoms with Crippen LogP contribution in [-0.4, -0.2) is 18.5 Å². The molecule has 0 unspecified atom stereocenters. The van der Waals surface area contributed by atoms with Crippen molar-refractivity contribution >= 4 is 23.6 Å². The molecule has 0 aliphatic rings. The number of nitrogens with one attached hydrogen (secondary N) is 1. The van der Waals surface area contributed by atoms with Gasteiger partial charge in [0.25, 0.3) is 0 Å². The average molecular weight is 341 g/mol. The summed E-state index contributed by atoms with van der Waals surface area (Å²) in [5.41, 5.74) is 1.73. The maximum atomic E-state index is 12.8. The van der Waals surface area contributed by atoms with E-state index in [2.05, 4.69) is 5.32 Å². The highest BCUT2D eigenvalue weighted by molar-refractivity contribution is 6.02. The van der Waals surface area contributed by atoms with Gasteiger partial charge in [0.05, 0.1) is 12.2 Å². The summed E-state index contributed by atoms with van der Waals surface area (Å²) in [7, 11) is 0. The number of anilines is 1. The van der Waals surface area contributed by atoms with Gasteiger partial charge in [0.2, 0.25) is 5.91 Å². The van der Waals surface area contributed by atoms with Gasteiger partial charge in [0.15, 0.2) is 0 Å². The Morgan fingerprint density at radius 1 is 1.08 bits per heavy atom. The number of hydrogen-bond acceptors (Lipinski definition) is 3. The van der Waals surface area contributed by atoms with Crippen molar-refractivity contribution in [3.8, 4) is 0 Å². The van der Waals surface area contributed by atoms with Crippen LogP contribution in [0.5, 0.6) is 0 Å². The van der Waals surface area contributed by atoms with Crippen molar-refractivity contribution in [2.45, 2.75) is 19.8 Å². The van der Waals surface area contributed by atoms with Crippen LogP contribution in [0.2, 0.25) is 0 Å². The second-order valence-corrected chi connectivity index (χ2v) is 5.44. The molecule has 5 heteroatoms. The Balaban J connectivity index is 1.88. The largest absolute Gasteiger partial charge is 0.462 e. The van der Waals surface area contributed by atoms with Gasteiger partial charge >= 0.3 is 5.97 Å². The molecule has 130 valence electrons. The van der Waals surface area contributed by atoms with Gasteiger partial charge in [-0.25, -0.2) is 9.18 Å². The number of hydrogen-bond donors (Lipinski definition) is 1. The zero-order valence-corrected chi connectivity index (χ0v) is 14.0. The molecule has 4 nitrogen and oxygen atoms in total. The Morgan fingerprint density at radius 3 is 2.40 bits per heavy atom. The topological polar surface area (TPSA) is 55.4 Å². The lowest BCUT2D eigenvalue weighted by Gasteiger charge is -2.05. The van der Waals surface area contributed by atoms with Crippen molar-refractivity contribution in [2.75, 3.05) is 11.9 Å². The van der Waals surface area contributed by atoms with E-state index < -0.39 is 0 Å². The number of unbranched alkanes of at least 4 members (excludes halogenated alkanes) is 1. The van der Waals surface area contributed by atoms with Gasteiger partial charge in [-0.2, -0.15) is 0 Å². The van der Waals surface area contributed by atoms with Crippen LogP contribution in [0.25, 0.3) is 6.08 Å². The molecule has 0 radical (unpaired) electrons. The Hall–Kier alpha value is -2.95. The van der Waals surface area contributed by atoms with Crippen LogP contribution in [0.4, 0.5) is 10.1 Å². The smallest absolute Gasteiger partial charge is 0.338 e. The molecule has 0 heterocycles. The standard InChI is InChI=1S/C20H20FNO3/c1-2-3-14-25-20(24)16-7-11-18(12-8-16)22-19(23)13-6-15-4-9-17(21)10-5-15/h4-13H,2-3,14H2,1H3,(H,22,23). The fourth-order valence-corrected chi connectivity index (χ4v) is 2.01. The van der Waals surface area contributed by atoms with Gasteiger partial charge in [-0.1, -0.05) is 25.5 Å². The normalized spacial score (nSPS) is 10.6. The fourth-order valence-electron chi connectivity index (χ4n) is 2.01. The Kier molecular flexibility index (Phi) is 6.89. The van der Waals surface area contributed by atoms with Crippen molar-refractivity contribution < 1.29 is 18.7 Å². The lowest BCUT2D eigenvalue weighted by atomic mass is 10.2. The minimum absolute atomic E-state index is 0.317. The van der Waals surface area contributed by atoms with Gasteiger partial charge in [0.1, 0.15) is 5.82 Å². The van der Waals surface area contributed by atoms with Crippen LogP contribution < -0.4 is 5.32 Å². The first-order valence-corrected chi connectivity index (χ1v) is 8.10. The first-order chi connectivity index (χ1) is 12.1. The van der Waals surface area contributed by atoms with Crippen molar-refractivity contribution in [1.29, 1.82) is 0 Å². The molecule has 0 aliphatic heterocycles. The molecule has 0 atom stereocenters. The summed E-state index contributed by atoms with van der Waals surface area (Å²) in [6.45, 7) is 2.43. The van der Waals surface area contributed by atoms with Crippen molar-refractivity contribution in [3.63, 3.8) is 0 Å². The van der Waals surface area contributed by atoms with E-state index >= 15 is 0 Å². The summed E-state index contributed by atoms with van der Waals surface area (Å²) in [5, 5.41) is 2.69. The van der Waals surface area contributed by atoms with Gasteiger partial charge in [-0.3, -0.25) is 4.79 Å². The van der Waals surface area contributed by atoms with Gasteiger partial charge in [0, 0.05) is 11.8 Å². The third-order valence-electron chi connectivity index (χ3n) is 3.42. The van der Waals surface area contributed by atoms with E-state index in [0.29, 0.717) is 17.9 Å². The molecule has 0 aromatic heterocycles. The van der Waals surface area contributed by atoms with Crippen LogP contribution in [0, 0.1) is 5.82 Å². The highest BCUT2D eigenvalue weighted by Crippen LogP contribution is 2.11. The number of carbonyl (C=O) groups excluding carboxylic acids is 2. The Bertz CT molecular complexity index is 737. The van der Waals surface area contributed by atoms with Crippen molar-refractivity contribution in [2.24, 2.45) is 0 Å². The highest BCUT2D eigenvalue weighted by atomic mass is 19.1. The number of ether oxygens (including phenoxy) is 1. The Labute approximate surface area is 146 Å². The first kappa shape index (κ1) is 18.4. The summed E-state index contributed by atoms with van der Waals surface area (Å²) in [6, 6.07) is 12.3. The molecule has 0 bridgehead atoms. The van der Waals surface area contributed by atoms with E-state index in [1.807, 2.05) is 6.92 Å². The molecule has 2 aromatic carbocycles. The average Bonchev–Trinajstić information content (AvgIpc) is 2.62. The minimum Gasteiger partial charge on any atom is -0.462 e. The van der Waals surface area contributed by atoms with E-state index in [0.717, 1.165) is 18.4 Å². The third kappa shape index (κ3) is 6.22. The lowest BCUT2D eigenvalue weighted by molar-refractivity contribution is -0.111. The molecule has 0 fully saturated rings. The molecule has 0 spiro atoms. The molecular formula is C20H20FNO3. The maximum absolute atomic E-state index is 12.8. The predicted octanol–water partition coefficient (Wildman–Crippen LogP) is 4.43. The molecule has 2 aromatic rings.